The van der Waals surface area contributed by atoms with E-state index in [2.05, 4.69) is 43.0 Å². The zero-order chi connectivity index (χ0) is 30.2. The van der Waals surface area contributed by atoms with Crippen LogP contribution in [0.1, 0.15) is 226 Å². The van der Waals surface area contributed by atoms with Gasteiger partial charge >= 0.3 is 0 Å². The molecule has 0 aromatic heterocycles. The Morgan fingerprint density at radius 2 is 0.548 bits per heavy atom. The topological polar surface area (TPSA) is 6.48 Å². The highest BCUT2D eigenvalue weighted by atomic mass is 15.4. The molecule has 1 rings (SSSR count). The lowest BCUT2D eigenvalue weighted by Gasteiger charge is -2.33. The van der Waals surface area contributed by atoms with Crippen molar-refractivity contribution in [2.45, 2.75) is 232 Å². The second-order valence-electron chi connectivity index (χ2n) is 13.9. The second kappa shape index (κ2) is 31.8. The summed E-state index contributed by atoms with van der Waals surface area (Å²) < 4.78 is 0. The van der Waals surface area contributed by atoms with Crippen LogP contribution in [0.4, 0.5) is 0 Å². The molecule has 1 heterocycles. The number of rotatable bonds is 34. The van der Waals surface area contributed by atoms with Crippen LogP contribution in [0.15, 0.2) is 12.4 Å². The molecule has 1 atom stereocenters. The van der Waals surface area contributed by atoms with Crippen LogP contribution in [0, 0.1) is 0 Å². The Bertz CT molecular complexity index is 544. The third kappa shape index (κ3) is 23.8. The molecule has 1 unspecified atom stereocenters. The Labute approximate surface area is 267 Å². The van der Waals surface area contributed by atoms with Crippen molar-refractivity contribution in [2.75, 3.05) is 13.1 Å². The fourth-order valence-corrected chi connectivity index (χ4v) is 6.89. The minimum Gasteiger partial charge on any atom is -0.356 e. The Morgan fingerprint density at radius 3 is 0.833 bits per heavy atom. The molecule has 2 heteroatoms. The smallest absolute Gasteiger partial charge is 0.101 e. The average molecular weight is 589 g/mol. The first-order valence-electron chi connectivity index (χ1n) is 20.0. The van der Waals surface area contributed by atoms with Gasteiger partial charge < -0.3 is 9.80 Å². The highest BCUT2D eigenvalue weighted by Crippen LogP contribution is 2.24. The summed E-state index contributed by atoms with van der Waals surface area (Å²) in [5.74, 6) is 0. The molecule has 0 aromatic carbocycles. The zero-order valence-corrected chi connectivity index (χ0v) is 29.7. The molecule has 1 aliphatic rings. The Kier molecular flexibility index (Phi) is 29.8. The van der Waals surface area contributed by atoms with Crippen molar-refractivity contribution in [1.29, 1.82) is 0 Å². The number of hydrogen-bond acceptors (Lipinski definition) is 2. The van der Waals surface area contributed by atoms with Gasteiger partial charge in [-0.3, -0.25) is 0 Å². The van der Waals surface area contributed by atoms with Crippen molar-refractivity contribution in [2.24, 2.45) is 0 Å². The van der Waals surface area contributed by atoms with Crippen molar-refractivity contribution in [3.8, 4) is 0 Å². The fraction of sp³-hybridized carbons (Fsp3) is 0.950. The standard InChI is InChI=1S/C40H80N2/c1-4-7-10-13-16-19-21-23-26-29-32-35-40-41(36-33-30-27-24-18-15-12-9-6-3)38-39-42(40)37-34-31-28-25-22-20-17-14-11-8-5-2/h38-40H,4-37H2,1-3H3. The van der Waals surface area contributed by atoms with Gasteiger partial charge in [-0.1, -0.05) is 201 Å². The largest absolute Gasteiger partial charge is 0.356 e. The normalized spacial score (nSPS) is 15.0. The van der Waals surface area contributed by atoms with Crippen LogP contribution in [-0.2, 0) is 0 Å². The van der Waals surface area contributed by atoms with Crippen molar-refractivity contribution < 1.29 is 0 Å². The monoisotopic (exact) mass is 589 g/mol. The molecule has 0 saturated heterocycles. The van der Waals surface area contributed by atoms with Crippen LogP contribution in [0.5, 0.6) is 0 Å². The Balaban J connectivity index is 2.23. The molecule has 0 bridgehead atoms. The minimum absolute atomic E-state index is 0.640. The third-order valence-corrected chi connectivity index (χ3v) is 9.82. The molecule has 0 aliphatic carbocycles. The maximum atomic E-state index is 2.72. The summed E-state index contributed by atoms with van der Waals surface area (Å²) in [5, 5.41) is 0. The molecule has 0 spiro atoms. The highest BCUT2D eigenvalue weighted by molar-refractivity contribution is 4.97. The van der Waals surface area contributed by atoms with E-state index in [-0.39, 0.29) is 0 Å². The first-order valence-corrected chi connectivity index (χ1v) is 20.0. The second-order valence-corrected chi connectivity index (χ2v) is 13.9. The fourth-order valence-electron chi connectivity index (χ4n) is 6.89. The van der Waals surface area contributed by atoms with E-state index in [0.29, 0.717) is 6.17 Å². The molecule has 0 fully saturated rings. The van der Waals surface area contributed by atoms with E-state index in [1.807, 2.05) is 0 Å². The maximum absolute atomic E-state index is 2.72. The van der Waals surface area contributed by atoms with Gasteiger partial charge in [0, 0.05) is 25.5 Å². The number of hydrogen-bond donors (Lipinski definition) is 0. The molecular formula is C40H80N2. The van der Waals surface area contributed by atoms with E-state index >= 15 is 0 Å². The predicted octanol–water partition coefficient (Wildman–Crippen LogP) is 13.9. The summed E-state index contributed by atoms with van der Waals surface area (Å²) in [6.07, 6.45) is 51.4. The first kappa shape index (κ1) is 39.4. The molecule has 0 amide bonds. The Hall–Kier alpha value is -0.660. The van der Waals surface area contributed by atoms with Gasteiger partial charge in [0.1, 0.15) is 6.17 Å². The van der Waals surface area contributed by atoms with Crippen LogP contribution >= 0.6 is 0 Å². The summed E-state index contributed by atoms with van der Waals surface area (Å²) in [5.41, 5.74) is 0. The average Bonchev–Trinajstić information content (AvgIpc) is 3.38. The molecule has 0 radical (unpaired) electrons. The van der Waals surface area contributed by atoms with E-state index in [0.717, 1.165) is 0 Å². The van der Waals surface area contributed by atoms with Crippen LogP contribution < -0.4 is 0 Å². The van der Waals surface area contributed by atoms with Gasteiger partial charge in [-0.2, -0.15) is 0 Å². The van der Waals surface area contributed by atoms with Gasteiger partial charge in [0.05, 0.1) is 0 Å². The quantitative estimate of drug-likeness (QED) is 0.0690. The van der Waals surface area contributed by atoms with Crippen molar-refractivity contribution in [3.05, 3.63) is 12.4 Å². The molecule has 42 heavy (non-hydrogen) atoms. The van der Waals surface area contributed by atoms with E-state index in [4.69, 9.17) is 0 Å². The van der Waals surface area contributed by atoms with Gasteiger partial charge in [-0.25, -0.2) is 0 Å². The van der Waals surface area contributed by atoms with E-state index in [1.165, 1.54) is 219 Å². The lowest BCUT2D eigenvalue weighted by Crippen LogP contribution is -2.39. The van der Waals surface area contributed by atoms with E-state index in [1.54, 1.807) is 0 Å². The molecule has 0 aromatic rings. The van der Waals surface area contributed by atoms with Crippen LogP contribution in [-0.4, -0.2) is 29.1 Å². The van der Waals surface area contributed by atoms with Gasteiger partial charge in [0.2, 0.25) is 0 Å². The van der Waals surface area contributed by atoms with Gasteiger partial charge in [-0.05, 0) is 25.7 Å². The van der Waals surface area contributed by atoms with Crippen LogP contribution in [0.2, 0.25) is 0 Å². The lowest BCUT2D eigenvalue weighted by atomic mass is 10.0. The van der Waals surface area contributed by atoms with Crippen molar-refractivity contribution in [3.63, 3.8) is 0 Å². The maximum Gasteiger partial charge on any atom is 0.101 e. The van der Waals surface area contributed by atoms with Crippen LogP contribution in [0.25, 0.3) is 0 Å². The zero-order valence-electron chi connectivity index (χ0n) is 29.7. The van der Waals surface area contributed by atoms with Crippen LogP contribution in [0.3, 0.4) is 0 Å². The molecule has 1 aliphatic heterocycles. The van der Waals surface area contributed by atoms with Crippen molar-refractivity contribution in [1.82, 2.24) is 9.80 Å². The first-order chi connectivity index (χ1) is 20.8. The van der Waals surface area contributed by atoms with E-state index < -0.39 is 0 Å². The Morgan fingerprint density at radius 1 is 0.310 bits per heavy atom. The summed E-state index contributed by atoms with van der Waals surface area (Å²) in [7, 11) is 0. The SMILES string of the molecule is CCCCCCCCCCCCCC1N(CCCCCCCCCCC)C=CN1CCCCCCCCCCCCC. The summed E-state index contributed by atoms with van der Waals surface area (Å²) >= 11 is 0. The number of unbranched alkanes of at least 4 members (excludes halogenated alkanes) is 28. The lowest BCUT2D eigenvalue weighted by molar-refractivity contribution is 0.135. The minimum atomic E-state index is 0.640. The molecule has 250 valence electrons. The third-order valence-electron chi connectivity index (χ3n) is 9.82. The molecule has 0 saturated carbocycles. The molecule has 2 nitrogen and oxygen atoms in total. The summed E-state index contributed by atoms with van der Waals surface area (Å²) in [6, 6.07) is 0. The van der Waals surface area contributed by atoms with Crippen molar-refractivity contribution >= 4 is 0 Å². The molecular weight excluding hydrogens is 508 g/mol. The highest BCUT2D eigenvalue weighted by Gasteiger charge is 2.24. The summed E-state index contributed by atoms with van der Waals surface area (Å²) in [4.78, 5) is 5.44. The molecule has 0 N–H and O–H groups in total. The number of nitrogens with zero attached hydrogens (tertiary/aromatic N) is 2. The van der Waals surface area contributed by atoms with E-state index in [9.17, 15) is 0 Å². The van der Waals surface area contributed by atoms with Gasteiger partial charge in [0.15, 0.2) is 0 Å². The van der Waals surface area contributed by atoms with Gasteiger partial charge in [-0.15, -0.1) is 0 Å². The summed E-state index contributed by atoms with van der Waals surface area (Å²) in [6.45, 7) is 9.48. The van der Waals surface area contributed by atoms with Gasteiger partial charge in [0.25, 0.3) is 0 Å². The predicted molar refractivity (Wildman–Crippen MR) is 191 cm³/mol.